The highest BCUT2D eigenvalue weighted by molar-refractivity contribution is 6.43. The minimum absolute atomic E-state index is 0.209. The van der Waals surface area contributed by atoms with E-state index >= 15 is 0 Å². The van der Waals surface area contributed by atoms with Gasteiger partial charge in [-0.25, -0.2) is 0 Å². The number of aromatic nitrogens is 1. The normalized spacial score (nSPS) is 9.83. The van der Waals surface area contributed by atoms with Gasteiger partial charge in [0, 0.05) is 11.8 Å². The molecule has 0 unspecified atom stereocenters. The number of nitrogens with zero attached hydrogens (tertiary/aromatic N) is 1. The molecule has 18 heavy (non-hydrogen) atoms. The highest BCUT2D eigenvalue weighted by Crippen LogP contribution is 2.08. The zero-order chi connectivity index (χ0) is 13.0. The van der Waals surface area contributed by atoms with Crippen LogP contribution in [0.2, 0.25) is 0 Å². The minimum atomic E-state index is -0.799. The van der Waals surface area contributed by atoms with Gasteiger partial charge in [0.2, 0.25) is 0 Å². The van der Waals surface area contributed by atoms with Crippen molar-refractivity contribution in [1.82, 2.24) is 5.16 Å². The van der Waals surface area contributed by atoms with Crippen molar-refractivity contribution < 1.29 is 14.1 Å². The first-order valence-corrected chi connectivity index (χ1v) is 5.26. The van der Waals surface area contributed by atoms with Crippen LogP contribution in [0.3, 0.4) is 0 Å². The van der Waals surface area contributed by atoms with Gasteiger partial charge in [0.25, 0.3) is 0 Å². The van der Waals surface area contributed by atoms with Crippen LogP contribution >= 0.6 is 0 Å². The van der Waals surface area contributed by atoms with E-state index in [1.54, 1.807) is 31.2 Å². The van der Waals surface area contributed by atoms with Crippen LogP contribution in [0.1, 0.15) is 5.76 Å². The monoisotopic (exact) mass is 245 g/mol. The average molecular weight is 245 g/mol. The van der Waals surface area contributed by atoms with Crippen molar-refractivity contribution in [3.63, 3.8) is 0 Å². The predicted octanol–water partition coefficient (Wildman–Crippen LogP) is 1.56. The first kappa shape index (κ1) is 11.8. The van der Waals surface area contributed by atoms with E-state index in [1.165, 1.54) is 6.07 Å². The molecule has 92 valence electrons. The van der Waals surface area contributed by atoms with Gasteiger partial charge in [-0.05, 0) is 19.1 Å². The number of hydrogen-bond acceptors (Lipinski definition) is 4. The van der Waals surface area contributed by atoms with Crippen LogP contribution in [-0.4, -0.2) is 17.0 Å². The predicted molar refractivity (Wildman–Crippen MR) is 64.9 cm³/mol. The Hall–Kier alpha value is -2.63. The molecule has 0 spiro atoms. The summed E-state index contributed by atoms with van der Waals surface area (Å²) in [4.78, 5) is 23.1. The molecule has 0 saturated carbocycles. The number of amides is 2. The van der Waals surface area contributed by atoms with E-state index in [4.69, 9.17) is 4.52 Å². The van der Waals surface area contributed by atoms with E-state index in [0.29, 0.717) is 11.4 Å². The first-order valence-electron chi connectivity index (χ1n) is 5.26. The Morgan fingerprint density at radius 1 is 1.11 bits per heavy atom. The van der Waals surface area contributed by atoms with Gasteiger partial charge in [-0.2, -0.15) is 0 Å². The summed E-state index contributed by atoms with van der Waals surface area (Å²) in [6.07, 6.45) is 0. The van der Waals surface area contributed by atoms with Crippen molar-refractivity contribution in [3.05, 3.63) is 42.2 Å². The second-order valence-corrected chi connectivity index (χ2v) is 3.60. The standard InChI is InChI=1S/C12H11N3O3/c1-8-7-10(15-18-8)14-12(17)11(16)13-9-5-3-2-4-6-9/h2-7H,1H3,(H,13,16)(H,14,15,17). The van der Waals surface area contributed by atoms with E-state index in [1.807, 2.05) is 6.07 Å². The van der Waals surface area contributed by atoms with Gasteiger partial charge in [0.05, 0.1) is 0 Å². The minimum Gasteiger partial charge on any atom is -0.360 e. The molecule has 1 aromatic carbocycles. The Kier molecular flexibility index (Phi) is 3.38. The quantitative estimate of drug-likeness (QED) is 0.786. The Bertz CT molecular complexity index is 563. The second-order valence-electron chi connectivity index (χ2n) is 3.60. The zero-order valence-electron chi connectivity index (χ0n) is 9.64. The lowest BCUT2D eigenvalue weighted by Crippen LogP contribution is -2.29. The maximum Gasteiger partial charge on any atom is 0.315 e. The molecule has 0 radical (unpaired) electrons. The SMILES string of the molecule is Cc1cc(NC(=O)C(=O)Nc2ccccc2)no1. The molecule has 0 fully saturated rings. The Morgan fingerprint density at radius 3 is 2.39 bits per heavy atom. The van der Waals surface area contributed by atoms with Crippen molar-refractivity contribution in [1.29, 1.82) is 0 Å². The molecule has 0 aliphatic heterocycles. The van der Waals surface area contributed by atoms with E-state index in [2.05, 4.69) is 15.8 Å². The van der Waals surface area contributed by atoms with E-state index in [-0.39, 0.29) is 5.82 Å². The molecule has 6 heteroatoms. The lowest BCUT2D eigenvalue weighted by Gasteiger charge is -2.03. The lowest BCUT2D eigenvalue weighted by atomic mass is 10.3. The van der Waals surface area contributed by atoms with Crippen molar-refractivity contribution in [2.24, 2.45) is 0 Å². The molecule has 2 rings (SSSR count). The third-order valence-corrected chi connectivity index (χ3v) is 2.11. The smallest absolute Gasteiger partial charge is 0.315 e. The van der Waals surface area contributed by atoms with Gasteiger partial charge in [-0.15, -0.1) is 0 Å². The topological polar surface area (TPSA) is 84.2 Å². The number of nitrogens with one attached hydrogen (secondary N) is 2. The highest BCUT2D eigenvalue weighted by atomic mass is 16.5. The van der Waals surface area contributed by atoms with Gasteiger partial charge in [-0.3, -0.25) is 14.9 Å². The average Bonchev–Trinajstić information content (AvgIpc) is 2.76. The number of benzene rings is 1. The molecule has 0 bridgehead atoms. The summed E-state index contributed by atoms with van der Waals surface area (Å²) in [5.74, 6) is -0.802. The summed E-state index contributed by atoms with van der Waals surface area (Å²) >= 11 is 0. The number of rotatable bonds is 2. The second kappa shape index (κ2) is 5.13. The molecule has 1 heterocycles. The van der Waals surface area contributed by atoms with Crippen LogP contribution in [0.5, 0.6) is 0 Å². The van der Waals surface area contributed by atoms with Crippen LogP contribution in [0, 0.1) is 6.92 Å². The summed E-state index contributed by atoms with van der Waals surface area (Å²) in [7, 11) is 0. The van der Waals surface area contributed by atoms with Gasteiger partial charge in [0.15, 0.2) is 5.82 Å². The van der Waals surface area contributed by atoms with Crippen LogP contribution in [-0.2, 0) is 9.59 Å². The molecular weight excluding hydrogens is 234 g/mol. The fourth-order valence-electron chi connectivity index (χ4n) is 1.31. The fraction of sp³-hybridized carbons (Fsp3) is 0.0833. The Labute approximate surface area is 103 Å². The molecule has 2 N–H and O–H groups in total. The number of anilines is 2. The van der Waals surface area contributed by atoms with Crippen molar-refractivity contribution in [2.75, 3.05) is 10.6 Å². The molecule has 0 aliphatic carbocycles. The molecule has 2 aromatic rings. The lowest BCUT2D eigenvalue weighted by molar-refractivity contribution is -0.133. The Balaban J connectivity index is 1.95. The van der Waals surface area contributed by atoms with E-state index < -0.39 is 11.8 Å². The summed E-state index contributed by atoms with van der Waals surface area (Å²) in [6.45, 7) is 1.69. The highest BCUT2D eigenvalue weighted by Gasteiger charge is 2.15. The summed E-state index contributed by atoms with van der Waals surface area (Å²) in [6, 6.07) is 10.2. The molecule has 0 atom stereocenters. The maximum atomic E-state index is 11.5. The van der Waals surface area contributed by atoms with Crippen LogP contribution < -0.4 is 10.6 Å². The Morgan fingerprint density at radius 2 is 1.78 bits per heavy atom. The summed E-state index contributed by atoms with van der Waals surface area (Å²) in [5, 5.41) is 8.34. The fourth-order valence-corrected chi connectivity index (χ4v) is 1.31. The third-order valence-electron chi connectivity index (χ3n) is 2.11. The number of aryl methyl sites for hydroxylation is 1. The number of carbonyl (C=O) groups is 2. The van der Waals surface area contributed by atoms with E-state index in [9.17, 15) is 9.59 Å². The van der Waals surface area contributed by atoms with Crippen LogP contribution in [0.4, 0.5) is 11.5 Å². The molecular formula is C12H11N3O3. The van der Waals surface area contributed by atoms with Crippen LogP contribution in [0.15, 0.2) is 40.9 Å². The molecule has 1 aromatic heterocycles. The molecule has 2 amide bonds. The first-order chi connectivity index (χ1) is 8.65. The number of carbonyl (C=O) groups excluding carboxylic acids is 2. The summed E-state index contributed by atoms with van der Waals surface area (Å²) in [5.41, 5.74) is 0.550. The number of para-hydroxylation sites is 1. The van der Waals surface area contributed by atoms with Gasteiger partial charge in [-0.1, -0.05) is 23.4 Å². The van der Waals surface area contributed by atoms with Gasteiger partial charge in [0.1, 0.15) is 5.76 Å². The largest absolute Gasteiger partial charge is 0.360 e. The molecule has 0 aliphatic rings. The van der Waals surface area contributed by atoms with Crippen molar-refractivity contribution in [2.45, 2.75) is 6.92 Å². The maximum absolute atomic E-state index is 11.5. The third kappa shape index (κ3) is 2.94. The zero-order valence-corrected chi connectivity index (χ0v) is 9.64. The van der Waals surface area contributed by atoms with Gasteiger partial charge < -0.3 is 9.84 Å². The summed E-state index contributed by atoms with van der Waals surface area (Å²) < 4.78 is 4.77. The molecule has 6 nitrogen and oxygen atoms in total. The molecule has 0 saturated heterocycles. The number of hydrogen-bond donors (Lipinski definition) is 2. The van der Waals surface area contributed by atoms with Crippen molar-refractivity contribution in [3.8, 4) is 0 Å². The van der Waals surface area contributed by atoms with Crippen molar-refractivity contribution >= 4 is 23.3 Å². The van der Waals surface area contributed by atoms with Crippen LogP contribution in [0.25, 0.3) is 0 Å². The van der Waals surface area contributed by atoms with E-state index in [0.717, 1.165) is 0 Å². The van der Waals surface area contributed by atoms with Gasteiger partial charge >= 0.3 is 11.8 Å².